The van der Waals surface area contributed by atoms with Gasteiger partial charge in [0.25, 0.3) is 5.92 Å². The normalized spacial score (nSPS) is 29.4. The van der Waals surface area contributed by atoms with Crippen LogP contribution in [0.4, 0.5) is 8.78 Å². The highest BCUT2D eigenvalue weighted by atomic mass is 35.5. The third kappa shape index (κ3) is 2.78. The lowest BCUT2D eigenvalue weighted by Gasteiger charge is -2.09. The predicted octanol–water partition coefficient (Wildman–Crippen LogP) is 0.684. The molecule has 1 aliphatic heterocycles. The molecule has 3 nitrogen and oxygen atoms in total. The first-order valence-electron chi connectivity index (χ1n) is 4.48. The number of halogens is 3. The SMILES string of the molecule is Cl.O=C(NC1CC1)C1CC(F)(F)CN1. The van der Waals surface area contributed by atoms with Crippen LogP contribution in [0.5, 0.6) is 0 Å². The highest BCUT2D eigenvalue weighted by molar-refractivity contribution is 5.85. The molecule has 0 bridgehead atoms. The van der Waals surface area contributed by atoms with Crippen LogP contribution >= 0.6 is 12.4 Å². The maximum atomic E-state index is 12.7. The van der Waals surface area contributed by atoms with E-state index in [2.05, 4.69) is 10.6 Å². The van der Waals surface area contributed by atoms with Crippen LogP contribution in [0.15, 0.2) is 0 Å². The first-order valence-corrected chi connectivity index (χ1v) is 4.48. The Labute approximate surface area is 87.0 Å². The molecule has 6 heteroatoms. The third-order valence-electron chi connectivity index (χ3n) is 2.35. The van der Waals surface area contributed by atoms with Gasteiger partial charge in [-0.3, -0.25) is 10.1 Å². The summed E-state index contributed by atoms with van der Waals surface area (Å²) in [7, 11) is 0. The molecule has 82 valence electrons. The summed E-state index contributed by atoms with van der Waals surface area (Å²) in [5.74, 6) is -2.99. The van der Waals surface area contributed by atoms with Crippen LogP contribution < -0.4 is 10.6 Å². The van der Waals surface area contributed by atoms with E-state index in [0.717, 1.165) is 12.8 Å². The number of hydrogen-bond acceptors (Lipinski definition) is 2. The summed E-state index contributed by atoms with van der Waals surface area (Å²) in [6.45, 7) is -0.379. The van der Waals surface area contributed by atoms with E-state index < -0.39 is 12.0 Å². The van der Waals surface area contributed by atoms with E-state index in [1.54, 1.807) is 0 Å². The van der Waals surface area contributed by atoms with Gasteiger partial charge in [0.05, 0.1) is 12.6 Å². The summed E-state index contributed by atoms with van der Waals surface area (Å²) in [5.41, 5.74) is 0. The van der Waals surface area contributed by atoms with Gasteiger partial charge in [-0.15, -0.1) is 12.4 Å². The van der Waals surface area contributed by atoms with Crippen molar-refractivity contribution in [2.75, 3.05) is 6.54 Å². The summed E-state index contributed by atoms with van der Waals surface area (Å²) < 4.78 is 25.3. The summed E-state index contributed by atoms with van der Waals surface area (Å²) in [4.78, 5) is 11.3. The Morgan fingerprint density at radius 3 is 2.50 bits per heavy atom. The fraction of sp³-hybridized carbons (Fsp3) is 0.875. The van der Waals surface area contributed by atoms with Crippen LogP contribution in [0.1, 0.15) is 19.3 Å². The zero-order valence-electron chi connectivity index (χ0n) is 7.56. The summed E-state index contributed by atoms with van der Waals surface area (Å²) >= 11 is 0. The molecule has 0 radical (unpaired) electrons. The molecule has 1 heterocycles. The molecule has 1 atom stereocenters. The van der Waals surface area contributed by atoms with E-state index in [0.29, 0.717) is 0 Å². The van der Waals surface area contributed by atoms with Crippen LogP contribution in [-0.4, -0.2) is 30.5 Å². The van der Waals surface area contributed by atoms with Gasteiger partial charge in [-0.1, -0.05) is 0 Å². The van der Waals surface area contributed by atoms with Gasteiger partial charge in [-0.2, -0.15) is 0 Å². The van der Waals surface area contributed by atoms with Crippen molar-refractivity contribution in [3.63, 3.8) is 0 Å². The Morgan fingerprint density at radius 1 is 1.43 bits per heavy atom. The molecule has 1 amide bonds. The van der Waals surface area contributed by atoms with Crippen LogP contribution in [0.2, 0.25) is 0 Å². The molecule has 0 spiro atoms. The van der Waals surface area contributed by atoms with E-state index in [1.165, 1.54) is 0 Å². The topological polar surface area (TPSA) is 41.1 Å². The molecule has 14 heavy (non-hydrogen) atoms. The lowest BCUT2D eigenvalue weighted by Crippen LogP contribution is -2.41. The number of nitrogens with one attached hydrogen (secondary N) is 2. The Balaban J connectivity index is 0.000000980. The highest BCUT2D eigenvalue weighted by Crippen LogP contribution is 2.26. The second-order valence-corrected chi connectivity index (χ2v) is 3.78. The van der Waals surface area contributed by atoms with Gasteiger partial charge in [0, 0.05) is 12.5 Å². The number of carbonyl (C=O) groups is 1. The van der Waals surface area contributed by atoms with Crippen LogP contribution in [0.3, 0.4) is 0 Å². The Kier molecular flexibility index (Phi) is 3.32. The quantitative estimate of drug-likeness (QED) is 0.727. The number of rotatable bonds is 2. The van der Waals surface area contributed by atoms with Crippen molar-refractivity contribution < 1.29 is 13.6 Å². The predicted molar refractivity (Wildman–Crippen MR) is 49.8 cm³/mol. The van der Waals surface area contributed by atoms with Crippen molar-refractivity contribution >= 4 is 18.3 Å². The standard InChI is InChI=1S/C8H12F2N2O.ClH/c9-8(10)3-6(11-4-8)7(13)12-5-1-2-5;/h5-6,11H,1-4H2,(H,12,13);1H. The van der Waals surface area contributed by atoms with E-state index in [9.17, 15) is 13.6 Å². The minimum Gasteiger partial charge on any atom is -0.352 e. The molecule has 2 rings (SSSR count). The Morgan fingerprint density at radius 2 is 2.07 bits per heavy atom. The number of carbonyl (C=O) groups excluding carboxylic acids is 1. The van der Waals surface area contributed by atoms with Gasteiger partial charge in [0.2, 0.25) is 5.91 Å². The Bertz CT molecular complexity index is 233. The van der Waals surface area contributed by atoms with Gasteiger partial charge >= 0.3 is 0 Å². The molecule has 1 saturated carbocycles. The molecule has 2 fully saturated rings. The summed E-state index contributed by atoms with van der Waals surface area (Å²) in [5, 5.41) is 5.22. The molecule has 0 aromatic heterocycles. The van der Waals surface area contributed by atoms with E-state index >= 15 is 0 Å². The first kappa shape index (κ1) is 11.7. The molecule has 2 N–H and O–H groups in total. The summed E-state index contributed by atoms with van der Waals surface area (Å²) in [6, 6.07) is -0.459. The van der Waals surface area contributed by atoms with Gasteiger partial charge < -0.3 is 5.32 Å². The molecular formula is C8H13ClF2N2O. The smallest absolute Gasteiger partial charge is 0.262 e. The molecule has 2 aliphatic rings. The summed E-state index contributed by atoms with van der Waals surface area (Å²) in [6.07, 6.45) is 1.59. The second kappa shape index (κ2) is 3.98. The van der Waals surface area contributed by atoms with Crippen molar-refractivity contribution in [1.82, 2.24) is 10.6 Å². The van der Waals surface area contributed by atoms with Crippen molar-refractivity contribution in [2.24, 2.45) is 0 Å². The zero-order chi connectivity index (χ0) is 9.47. The number of amides is 1. The lowest BCUT2D eigenvalue weighted by molar-refractivity contribution is -0.123. The Hall–Kier alpha value is -0.420. The van der Waals surface area contributed by atoms with Crippen molar-refractivity contribution in [2.45, 2.75) is 37.3 Å². The molecular weight excluding hydrogens is 214 g/mol. The monoisotopic (exact) mass is 226 g/mol. The molecule has 1 aliphatic carbocycles. The fourth-order valence-electron chi connectivity index (χ4n) is 1.43. The molecule has 1 saturated heterocycles. The van der Waals surface area contributed by atoms with Gasteiger partial charge in [0.15, 0.2) is 0 Å². The van der Waals surface area contributed by atoms with Gasteiger partial charge in [-0.25, -0.2) is 8.78 Å². The van der Waals surface area contributed by atoms with Crippen molar-refractivity contribution in [3.8, 4) is 0 Å². The number of alkyl halides is 2. The van der Waals surface area contributed by atoms with E-state index in [-0.39, 0.29) is 37.3 Å². The fourth-order valence-corrected chi connectivity index (χ4v) is 1.43. The van der Waals surface area contributed by atoms with Gasteiger partial charge in [0.1, 0.15) is 0 Å². The highest BCUT2D eigenvalue weighted by Gasteiger charge is 2.43. The largest absolute Gasteiger partial charge is 0.352 e. The molecule has 1 unspecified atom stereocenters. The van der Waals surface area contributed by atoms with E-state index in [1.807, 2.05) is 0 Å². The van der Waals surface area contributed by atoms with E-state index in [4.69, 9.17) is 0 Å². The molecule has 0 aromatic carbocycles. The number of hydrogen-bond donors (Lipinski definition) is 2. The van der Waals surface area contributed by atoms with Crippen LogP contribution in [0, 0.1) is 0 Å². The minimum atomic E-state index is -2.72. The van der Waals surface area contributed by atoms with Crippen LogP contribution in [-0.2, 0) is 4.79 Å². The third-order valence-corrected chi connectivity index (χ3v) is 2.35. The maximum absolute atomic E-state index is 12.7. The minimum absolute atomic E-state index is 0. The second-order valence-electron chi connectivity index (χ2n) is 3.78. The van der Waals surface area contributed by atoms with Crippen LogP contribution in [0.25, 0.3) is 0 Å². The lowest BCUT2D eigenvalue weighted by atomic mass is 10.2. The zero-order valence-corrected chi connectivity index (χ0v) is 8.37. The molecule has 0 aromatic rings. The van der Waals surface area contributed by atoms with Gasteiger partial charge in [-0.05, 0) is 12.8 Å². The van der Waals surface area contributed by atoms with Crippen molar-refractivity contribution in [3.05, 3.63) is 0 Å². The average molecular weight is 227 g/mol. The first-order chi connectivity index (χ1) is 6.07. The average Bonchev–Trinajstić information content (AvgIpc) is 2.75. The maximum Gasteiger partial charge on any atom is 0.262 e. The van der Waals surface area contributed by atoms with Crippen molar-refractivity contribution in [1.29, 1.82) is 0 Å².